The highest BCUT2D eigenvalue weighted by atomic mass is 15.9. The van der Waals surface area contributed by atoms with Crippen molar-refractivity contribution in [1.82, 2.24) is 21.0 Å². The molecule has 1 unspecified atom stereocenters. The van der Waals surface area contributed by atoms with Crippen LogP contribution < -0.4 is 26.6 Å². The highest BCUT2D eigenvalue weighted by Crippen LogP contribution is 2.21. The number of nitrogens with one attached hydrogen (secondary N) is 4. The average Bonchev–Trinajstić information content (AvgIpc) is 3.19. The van der Waals surface area contributed by atoms with E-state index in [0.717, 1.165) is 42.4 Å². The molecule has 1 saturated heterocycles. The minimum atomic E-state index is 0.680. The average molecular weight is 365 g/mol. The third-order valence-electron chi connectivity index (χ3n) is 4.94. The number of nitrogens with zero attached hydrogens (tertiary/aromatic N) is 3. The van der Waals surface area contributed by atoms with Gasteiger partial charge < -0.3 is 10.6 Å². The summed E-state index contributed by atoms with van der Waals surface area (Å²) in [6.07, 6.45) is 8.36. The zero-order chi connectivity index (χ0) is 18.5. The largest absolute Gasteiger partial charge is 0.383 e. The Morgan fingerprint density at radius 2 is 2.11 bits per heavy atom. The summed E-state index contributed by atoms with van der Waals surface area (Å²) < 4.78 is 0. The number of hydrogen-bond acceptors (Lipinski definition) is 7. The second kappa shape index (κ2) is 8.28. The minimum Gasteiger partial charge on any atom is -0.383 e. The first-order chi connectivity index (χ1) is 13.3. The van der Waals surface area contributed by atoms with Crippen LogP contribution in [0.2, 0.25) is 0 Å². The number of piperidine rings is 1. The third kappa shape index (κ3) is 4.50. The number of para-hydroxylation sites is 1. The predicted molar refractivity (Wildman–Crippen MR) is 110 cm³/mol. The number of hydrazine groups is 3. The van der Waals surface area contributed by atoms with Gasteiger partial charge >= 0.3 is 0 Å². The van der Waals surface area contributed by atoms with Crippen LogP contribution in [-0.4, -0.2) is 29.7 Å². The van der Waals surface area contributed by atoms with Crippen LogP contribution in [0.25, 0.3) is 0 Å². The molecule has 27 heavy (non-hydrogen) atoms. The lowest BCUT2D eigenvalue weighted by molar-refractivity contribution is 0.353. The molecule has 1 atom stereocenters. The Labute approximate surface area is 160 Å². The summed E-state index contributed by atoms with van der Waals surface area (Å²) in [5.74, 6) is 0.680. The molecular formula is C20H27N7. The van der Waals surface area contributed by atoms with E-state index in [9.17, 15) is 0 Å². The van der Waals surface area contributed by atoms with Crippen LogP contribution in [0.3, 0.4) is 0 Å². The fourth-order valence-electron chi connectivity index (χ4n) is 3.34. The Kier molecular flexibility index (Phi) is 5.41. The Bertz CT molecular complexity index is 771. The Balaban J connectivity index is 1.35. The number of anilines is 3. The third-order valence-corrected chi connectivity index (χ3v) is 4.94. The maximum Gasteiger partial charge on any atom is 0.0790 e. The van der Waals surface area contributed by atoms with E-state index in [2.05, 4.69) is 44.8 Å². The highest BCUT2D eigenvalue weighted by molar-refractivity contribution is 5.58. The Hall–Kier alpha value is -2.77. The van der Waals surface area contributed by atoms with Crippen molar-refractivity contribution in [3.05, 3.63) is 60.7 Å². The van der Waals surface area contributed by atoms with Crippen LogP contribution in [0.5, 0.6) is 0 Å². The van der Waals surface area contributed by atoms with Crippen molar-refractivity contribution in [1.29, 1.82) is 0 Å². The van der Waals surface area contributed by atoms with E-state index in [1.165, 1.54) is 12.8 Å². The summed E-state index contributed by atoms with van der Waals surface area (Å²) in [4.78, 5) is 4.53. The molecule has 2 aromatic rings. The first-order valence-corrected chi connectivity index (χ1v) is 9.54. The lowest BCUT2D eigenvalue weighted by Crippen LogP contribution is -2.42. The summed E-state index contributed by atoms with van der Waals surface area (Å²) in [5, 5.41) is 10.8. The number of benzene rings is 1. The Morgan fingerprint density at radius 1 is 1.22 bits per heavy atom. The maximum absolute atomic E-state index is 4.53. The monoisotopic (exact) mass is 365 g/mol. The quantitative estimate of drug-likeness (QED) is 0.628. The van der Waals surface area contributed by atoms with Crippen LogP contribution in [0, 0.1) is 12.8 Å². The summed E-state index contributed by atoms with van der Waals surface area (Å²) in [6.45, 7) is 5.22. The van der Waals surface area contributed by atoms with Gasteiger partial charge in [0.2, 0.25) is 0 Å². The van der Waals surface area contributed by atoms with Crippen molar-refractivity contribution < 1.29 is 0 Å². The summed E-state index contributed by atoms with van der Waals surface area (Å²) >= 11 is 0. The predicted octanol–water partition coefficient (Wildman–Crippen LogP) is 2.84. The minimum absolute atomic E-state index is 0.680. The molecule has 4 rings (SSSR count). The van der Waals surface area contributed by atoms with Crippen molar-refractivity contribution in [2.24, 2.45) is 5.92 Å². The maximum atomic E-state index is 4.53. The van der Waals surface area contributed by atoms with Crippen LogP contribution in [0.4, 0.5) is 17.1 Å². The molecule has 0 aliphatic carbocycles. The van der Waals surface area contributed by atoms with Crippen molar-refractivity contribution in [2.45, 2.75) is 19.8 Å². The fourth-order valence-corrected chi connectivity index (χ4v) is 3.34. The van der Waals surface area contributed by atoms with E-state index in [4.69, 9.17) is 0 Å². The van der Waals surface area contributed by atoms with E-state index in [0.29, 0.717) is 5.92 Å². The molecule has 1 aromatic carbocycles. The molecule has 2 aliphatic rings. The molecular weight excluding hydrogens is 338 g/mol. The second-order valence-corrected chi connectivity index (χ2v) is 7.04. The fraction of sp³-hybridized carbons (Fsp3) is 0.350. The molecule has 7 heteroatoms. The SMILES string of the molecule is Cc1ncc(NCC2CCCNC2)cc1NN1C=CN(c2ccccc2)N1. The number of rotatable bonds is 6. The molecule has 3 heterocycles. The zero-order valence-corrected chi connectivity index (χ0v) is 15.7. The first kappa shape index (κ1) is 17.6. The molecule has 1 fully saturated rings. The normalized spacial score (nSPS) is 19.4. The van der Waals surface area contributed by atoms with Crippen LogP contribution >= 0.6 is 0 Å². The second-order valence-electron chi connectivity index (χ2n) is 7.04. The van der Waals surface area contributed by atoms with Gasteiger partial charge in [0.05, 0.1) is 35.2 Å². The van der Waals surface area contributed by atoms with E-state index in [-0.39, 0.29) is 0 Å². The number of pyridine rings is 1. The van der Waals surface area contributed by atoms with Gasteiger partial charge in [0.25, 0.3) is 0 Å². The van der Waals surface area contributed by atoms with Crippen molar-refractivity contribution in [3.8, 4) is 0 Å². The number of aryl methyl sites for hydroxylation is 1. The summed E-state index contributed by atoms with van der Waals surface area (Å²) in [6, 6.07) is 12.3. The molecule has 1 aromatic heterocycles. The number of aromatic nitrogens is 1. The van der Waals surface area contributed by atoms with Crippen LogP contribution in [0.15, 0.2) is 55.0 Å². The van der Waals surface area contributed by atoms with E-state index < -0.39 is 0 Å². The summed E-state index contributed by atoms with van der Waals surface area (Å²) in [7, 11) is 0. The van der Waals surface area contributed by atoms with Gasteiger partial charge in [-0.1, -0.05) is 18.2 Å². The van der Waals surface area contributed by atoms with Gasteiger partial charge in [0.15, 0.2) is 0 Å². The highest BCUT2D eigenvalue weighted by Gasteiger charge is 2.15. The smallest absolute Gasteiger partial charge is 0.0790 e. The van der Waals surface area contributed by atoms with E-state index >= 15 is 0 Å². The van der Waals surface area contributed by atoms with E-state index in [1.807, 2.05) is 53.8 Å². The van der Waals surface area contributed by atoms with Crippen LogP contribution in [-0.2, 0) is 0 Å². The molecule has 142 valence electrons. The molecule has 0 bridgehead atoms. The molecule has 0 amide bonds. The van der Waals surface area contributed by atoms with Crippen LogP contribution in [0.1, 0.15) is 18.5 Å². The van der Waals surface area contributed by atoms with Crippen molar-refractivity contribution in [3.63, 3.8) is 0 Å². The van der Waals surface area contributed by atoms with Gasteiger partial charge in [0, 0.05) is 12.7 Å². The van der Waals surface area contributed by atoms with Gasteiger partial charge in [0.1, 0.15) is 0 Å². The van der Waals surface area contributed by atoms with Gasteiger partial charge in [-0.3, -0.25) is 15.4 Å². The van der Waals surface area contributed by atoms with Crippen molar-refractivity contribution >= 4 is 17.1 Å². The van der Waals surface area contributed by atoms with E-state index in [1.54, 1.807) is 0 Å². The molecule has 0 spiro atoms. The van der Waals surface area contributed by atoms with Gasteiger partial charge in [-0.15, -0.1) is 5.53 Å². The zero-order valence-electron chi connectivity index (χ0n) is 15.7. The standard InChI is InChI=1S/C20H27N7/c1-16-20(12-18(15-22-16)23-14-17-6-5-9-21-13-17)24-27-11-10-26(25-27)19-7-3-2-4-8-19/h2-4,7-8,10-12,15,17,21,23-25H,5-6,9,13-14H2,1H3. The number of hydrogen-bond donors (Lipinski definition) is 4. The Morgan fingerprint density at radius 3 is 2.93 bits per heavy atom. The molecule has 7 nitrogen and oxygen atoms in total. The topological polar surface area (TPSA) is 67.5 Å². The lowest BCUT2D eigenvalue weighted by atomic mass is 10.00. The molecule has 0 saturated carbocycles. The first-order valence-electron chi connectivity index (χ1n) is 9.54. The molecule has 0 radical (unpaired) electrons. The molecule has 4 N–H and O–H groups in total. The molecule has 2 aliphatic heterocycles. The lowest BCUT2D eigenvalue weighted by Gasteiger charge is -2.25. The van der Waals surface area contributed by atoms with Gasteiger partial charge in [-0.25, -0.2) is 5.12 Å². The summed E-state index contributed by atoms with van der Waals surface area (Å²) in [5.41, 5.74) is 10.7. The van der Waals surface area contributed by atoms with Gasteiger partial charge in [-0.2, -0.15) is 0 Å². The van der Waals surface area contributed by atoms with Crippen molar-refractivity contribution in [2.75, 3.05) is 35.4 Å². The van der Waals surface area contributed by atoms with Gasteiger partial charge in [-0.05, 0) is 57.0 Å².